The van der Waals surface area contributed by atoms with Crippen LogP contribution in [0.4, 0.5) is 0 Å². The molecule has 2 aliphatic heterocycles. The highest BCUT2D eigenvalue weighted by atomic mass is 28.4. The summed E-state index contributed by atoms with van der Waals surface area (Å²) in [4.78, 5) is 2.88. The maximum Gasteiger partial charge on any atom is 0.261 e. The van der Waals surface area contributed by atoms with Crippen LogP contribution in [-0.4, -0.2) is 49.7 Å². The van der Waals surface area contributed by atoms with E-state index in [9.17, 15) is 5.11 Å². The quantitative estimate of drug-likeness (QED) is 0.552. The van der Waals surface area contributed by atoms with E-state index in [2.05, 4.69) is 86.3 Å². The largest absolute Gasteiger partial charge is 0.407 e. The molecule has 0 aromatic heterocycles. The molecule has 0 radical (unpaired) electrons. The zero-order valence-electron chi connectivity index (χ0n) is 22.1. The van der Waals surface area contributed by atoms with Gasteiger partial charge in [-0.2, -0.15) is 0 Å². The molecule has 5 rings (SSSR count). The van der Waals surface area contributed by atoms with Gasteiger partial charge in [-0.1, -0.05) is 94.3 Å². The fourth-order valence-corrected chi connectivity index (χ4v) is 12.6. The monoisotopic (exact) mass is 491 g/mol. The molecule has 35 heavy (non-hydrogen) atoms. The number of piperidine rings is 2. The molecule has 4 heteroatoms. The minimum Gasteiger partial charge on any atom is -0.407 e. The lowest BCUT2D eigenvalue weighted by molar-refractivity contribution is -0.0752. The van der Waals surface area contributed by atoms with Gasteiger partial charge in [0.25, 0.3) is 8.32 Å². The predicted molar refractivity (Wildman–Crippen MR) is 148 cm³/mol. The molecule has 2 heterocycles. The molecule has 190 valence electrons. The van der Waals surface area contributed by atoms with E-state index in [0.29, 0.717) is 24.5 Å². The van der Waals surface area contributed by atoms with Crippen molar-refractivity contribution in [2.75, 3.05) is 19.8 Å². The Morgan fingerprint density at radius 2 is 1.49 bits per heavy atom. The molecule has 4 atom stereocenters. The first-order chi connectivity index (χ1) is 16.9. The number of fused-ring (bicyclic) bond motifs is 2. The van der Waals surface area contributed by atoms with Crippen molar-refractivity contribution in [3.8, 4) is 0 Å². The Morgan fingerprint density at radius 1 is 0.886 bits per heavy atom. The molecule has 3 fully saturated rings. The van der Waals surface area contributed by atoms with E-state index in [0.717, 1.165) is 13.2 Å². The normalized spacial score (nSPS) is 29.9. The summed E-state index contributed by atoms with van der Waals surface area (Å²) in [6.07, 6.45) is 10.3. The van der Waals surface area contributed by atoms with Crippen molar-refractivity contribution >= 4 is 18.7 Å². The molecular weight excluding hydrogens is 446 g/mol. The molecule has 3 nitrogen and oxygen atoms in total. The fourth-order valence-electron chi connectivity index (χ4n) is 7.94. The maximum absolute atomic E-state index is 9.98. The van der Waals surface area contributed by atoms with Crippen LogP contribution in [0.1, 0.15) is 72.1 Å². The molecule has 2 aromatic carbocycles. The third-order valence-corrected chi connectivity index (χ3v) is 14.6. The highest BCUT2D eigenvalue weighted by molar-refractivity contribution is 6.99. The second-order valence-corrected chi connectivity index (χ2v) is 16.8. The Labute approximate surface area is 214 Å². The van der Waals surface area contributed by atoms with Crippen molar-refractivity contribution in [2.24, 2.45) is 11.8 Å². The summed E-state index contributed by atoms with van der Waals surface area (Å²) < 4.78 is 7.47. The summed E-state index contributed by atoms with van der Waals surface area (Å²) in [5.74, 6) is 1.02. The second-order valence-electron chi connectivity index (χ2n) is 12.5. The Balaban J connectivity index is 1.49. The lowest BCUT2D eigenvalue weighted by atomic mass is 9.73. The van der Waals surface area contributed by atoms with Crippen LogP contribution >= 0.6 is 0 Å². The zero-order valence-corrected chi connectivity index (χ0v) is 23.1. The Hall–Kier alpha value is -1.46. The maximum atomic E-state index is 9.98. The van der Waals surface area contributed by atoms with E-state index in [1.54, 1.807) is 0 Å². The van der Waals surface area contributed by atoms with E-state index in [1.807, 2.05) is 0 Å². The van der Waals surface area contributed by atoms with Crippen molar-refractivity contribution in [1.29, 1.82) is 0 Å². The summed E-state index contributed by atoms with van der Waals surface area (Å²) in [5, 5.41) is 12.8. The molecule has 1 aliphatic carbocycles. The van der Waals surface area contributed by atoms with Crippen molar-refractivity contribution in [3.63, 3.8) is 0 Å². The van der Waals surface area contributed by atoms with Gasteiger partial charge in [-0.05, 0) is 65.8 Å². The van der Waals surface area contributed by atoms with Crippen LogP contribution < -0.4 is 10.4 Å². The summed E-state index contributed by atoms with van der Waals surface area (Å²) in [6, 6.07) is 22.9. The van der Waals surface area contributed by atoms with Gasteiger partial charge in [-0.25, -0.2) is 0 Å². The van der Waals surface area contributed by atoms with Crippen LogP contribution in [0.2, 0.25) is 5.04 Å². The summed E-state index contributed by atoms with van der Waals surface area (Å²) >= 11 is 0. The minimum atomic E-state index is -2.52. The van der Waals surface area contributed by atoms with Crippen molar-refractivity contribution in [2.45, 2.75) is 88.8 Å². The van der Waals surface area contributed by atoms with Crippen LogP contribution in [0.15, 0.2) is 60.7 Å². The Kier molecular flexibility index (Phi) is 7.29. The lowest BCUT2D eigenvalue weighted by Crippen LogP contribution is -2.68. The van der Waals surface area contributed by atoms with Crippen molar-refractivity contribution in [1.82, 2.24) is 4.90 Å². The van der Waals surface area contributed by atoms with Gasteiger partial charge in [0.05, 0.1) is 0 Å². The van der Waals surface area contributed by atoms with Crippen LogP contribution in [-0.2, 0) is 4.43 Å². The average Bonchev–Trinajstić information content (AvgIpc) is 3.27. The fraction of sp³-hybridized carbons (Fsp3) is 0.613. The molecule has 2 saturated heterocycles. The molecule has 1 N–H and O–H groups in total. The molecule has 3 aliphatic rings. The third-order valence-electron chi connectivity index (χ3n) is 9.62. The Morgan fingerprint density at radius 3 is 2.06 bits per heavy atom. The number of hydrogen-bond donors (Lipinski definition) is 1. The van der Waals surface area contributed by atoms with Crippen LogP contribution in [0.5, 0.6) is 0 Å². The number of nitrogens with zero attached hydrogens (tertiary/aromatic N) is 1. The smallest absolute Gasteiger partial charge is 0.261 e. The first-order valence-corrected chi connectivity index (χ1v) is 15.9. The summed E-state index contributed by atoms with van der Waals surface area (Å²) in [7, 11) is -2.52. The number of aliphatic hydroxyl groups excluding tert-OH is 1. The lowest BCUT2D eigenvalue weighted by Gasteiger charge is -2.56. The van der Waals surface area contributed by atoms with Gasteiger partial charge in [0, 0.05) is 31.3 Å². The standard InChI is InChI=1S/C31H45NO2Si/c1-30(2,3)35(28-14-6-4-7-15-28,29-16-8-5-9-17-29)34-24-26-12-10-20-31(26)21-11-13-27-19-18-25(23-33)22-32(27)31/h4-9,14-17,25-27,33H,10-13,18-24H2,1-3H3/t25?,26-,27-,31+/m1/s1. The van der Waals surface area contributed by atoms with Crippen LogP contribution in [0.25, 0.3) is 0 Å². The van der Waals surface area contributed by atoms with Gasteiger partial charge in [-0.3, -0.25) is 4.90 Å². The van der Waals surface area contributed by atoms with E-state index in [1.165, 1.54) is 61.7 Å². The summed E-state index contributed by atoms with van der Waals surface area (Å²) in [6.45, 7) is 9.42. The second kappa shape index (κ2) is 10.1. The van der Waals surface area contributed by atoms with Gasteiger partial charge in [0.15, 0.2) is 0 Å². The third kappa shape index (κ3) is 4.45. The molecule has 1 saturated carbocycles. The van der Waals surface area contributed by atoms with Crippen molar-refractivity contribution in [3.05, 3.63) is 60.7 Å². The first-order valence-electron chi connectivity index (χ1n) is 14.0. The summed E-state index contributed by atoms with van der Waals surface area (Å²) in [5.41, 5.74) is 0.266. The van der Waals surface area contributed by atoms with Crippen molar-refractivity contribution < 1.29 is 9.53 Å². The van der Waals surface area contributed by atoms with E-state index < -0.39 is 8.32 Å². The SMILES string of the molecule is CC(C)(C)[Si](OC[C@H]1CCC[C@]12CCC[C@@H]1CCC(CO)CN12)(c1ccccc1)c1ccccc1. The Bertz CT molecular complexity index is 919. The topological polar surface area (TPSA) is 32.7 Å². The molecule has 2 aromatic rings. The molecule has 0 bridgehead atoms. The number of rotatable bonds is 6. The van der Waals surface area contributed by atoms with Gasteiger partial charge in [0.2, 0.25) is 0 Å². The predicted octanol–water partition coefficient (Wildman–Crippen LogP) is 5.36. The average molecular weight is 492 g/mol. The van der Waals surface area contributed by atoms with E-state index >= 15 is 0 Å². The molecule has 0 amide bonds. The van der Waals surface area contributed by atoms with E-state index in [4.69, 9.17) is 4.43 Å². The number of hydrogen-bond acceptors (Lipinski definition) is 3. The highest BCUT2D eigenvalue weighted by Gasteiger charge is 2.55. The first kappa shape index (κ1) is 25.2. The van der Waals surface area contributed by atoms with Gasteiger partial charge < -0.3 is 9.53 Å². The minimum absolute atomic E-state index is 0.0175. The van der Waals surface area contributed by atoms with Crippen LogP contribution in [0.3, 0.4) is 0 Å². The number of benzene rings is 2. The van der Waals surface area contributed by atoms with Gasteiger partial charge in [0.1, 0.15) is 0 Å². The zero-order chi connectivity index (χ0) is 24.5. The van der Waals surface area contributed by atoms with Crippen LogP contribution in [0, 0.1) is 11.8 Å². The number of aliphatic hydroxyl groups is 1. The molecule has 1 unspecified atom stereocenters. The van der Waals surface area contributed by atoms with E-state index in [-0.39, 0.29) is 10.6 Å². The molecule has 1 spiro atoms. The van der Waals surface area contributed by atoms with Gasteiger partial charge >= 0.3 is 0 Å². The molecular formula is C31H45NO2Si. The van der Waals surface area contributed by atoms with Gasteiger partial charge in [-0.15, -0.1) is 0 Å². The highest BCUT2D eigenvalue weighted by Crippen LogP contribution is 2.51.